The summed E-state index contributed by atoms with van der Waals surface area (Å²) in [6.07, 6.45) is 2.93. The van der Waals surface area contributed by atoms with Gasteiger partial charge < -0.3 is 0 Å². The third-order valence-corrected chi connectivity index (χ3v) is 2.19. The molecule has 0 radical (unpaired) electrons. The lowest BCUT2D eigenvalue weighted by Gasteiger charge is -2.04. The van der Waals surface area contributed by atoms with E-state index < -0.39 is 11.6 Å². The van der Waals surface area contributed by atoms with Gasteiger partial charge in [-0.05, 0) is 12.1 Å². The van der Waals surface area contributed by atoms with Crippen molar-refractivity contribution in [1.82, 2.24) is 4.98 Å². The largest absolute Gasteiger partial charge is 0.298 e. The van der Waals surface area contributed by atoms with Crippen molar-refractivity contribution in [2.75, 3.05) is 0 Å². The van der Waals surface area contributed by atoms with Gasteiger partial charge in [0.1, 0.15) is 17.9 Å². The summed E-state index contributed by atoms with van der Waals surface area (Å²) in [5.74, 6) is -1.23. The van der Waals surface area contributed by atoms with E-state index >= 15 is 0 Å². The Morgan fingerprint density at radius 1 is 1.06 bits per heavy atom. The van der Waals surface area contributed by atoms with Crippen LogP contribution in [0.15, 0.2) is 36.7 Å². The summed E-state index contributed by atoms with van der Waals surface area (Å²) in [5.41, 5.74) is 0.464. The van der Waals surface area contributed by atoms with E-state index in [4.69, 9.17) is 0 Å². The highest BCUT2D eigenvalue weighted by molar-refractivity contribution is 5.77. The van der Waals surface area contributed by atoms with Crippen LogP contribution in [0.4, 0.5) is 8.78 Å². The molecule has 0 fully saturated rings. The molecule has 0 unspecified atom stereocenters. The summed E-state index contributed by atoms with van der Waals surface area (Å²) in [4.78, 5) is 14.0. The standard InChI is InChI=1S/C12H7F2NO/c13-11-5-8(7-16)1-2-9(11)10-3-4-15-6-12(10)14/h1-7H. The minimum absolute atomic E-state index is 0.116. The Morgan fingerprint density at radius 2 is 1.81 bits per heavy atom. The molecule has 2 nitrogen and oxygen atoms in total. The smallest absolute Gasteiger partial charge is 0.150 e. The molecule has 0 bridgehead atoms. The molecule has 0 aliphatic heterocycles. The van der Waals surface area contributed by atoms with E-state index in [1.165, 1.54) is 24.4 Å². The molecule has 0 aliphatic rings. The lowest BCUT2D eigenvalue weighted by molar-refractivity contribution is 0.112. The zero-order chi connectivity index (χ0) is 11.5. The lowest BCUT2D eigenvalue weighted by Crippen LogP contribution is -1.91. The molecule has 80 valence electrons. The second-order valence-corrected chi connectivity index (χ2v) is 3.21. The van der Waals surface area contributed by atoms with E-state index in [0.717, 1.165) is 12.3 Å². The number of nitrogens with zero attached hydrogens (tertiary/aromatic N) is 1. The highest BCUT2D eigenvalue weighted by Gasteiger charge is 2.10. The number of halogens is 2. The van der Waals surface area contributed by atoms with Gasteiger partial charge >= 0.3 is 0 Å². The van der Waals surface area contributed by atoms with Crippen LogP contribution in [0.1, 0.15) is 10.4 Å². The van der Waals surface area contributed by atoms with Crippen LogP contribution in [-0.2, 0) is 0 Å². The molecule has 0 atom stereocenters. The topological polar surface area (TPSA) is 30.0 Å². The molecule has 2 rings (SSSR count). The summed E-state index contributed by atoms with van der Waals surface area (Å²) in [7, 11) is 0. The van der Waals surface area contributed by atoms with Crippen molar-refractivity contribution in [1.29, 1.82) is 0 Å². The molecule has 0 saturated carbocycles. The van der Waals surface area contributed by atoms with E-state index in [1.54, 1.807) is 0 Å². The SMILES string of the molecule is O=Cc1ccc(-c2ccncc2F)c(F)c1. The predicted octanol–water partition coefficient (Wildman–Crippen LogP) is 2.84. The Labute approximate surface area is 90.6 Å². The average Bonchev–Trinajstić information content (AvgIpc) is 2.30. The summed E-state index contributed by atoms with van der Waals surface area (Å²) in [5, 5.41) is 0. The fraction of sp³-hybridized carbons (Fsp3) is 0. The Kier molecular flexibility index (Phi) is 2.72. The summed E-state index contributed by atoms with van der Waals surface area (Å²) >= 11 is 0. The first kappa shape index (κ1) is 10.4. The van der Waals surface area contributed by atoms with Crippen molar-refractivity contribution < 1.29 is 13.6 Å². The van der Waals surface area contributed by atoms with Crippen molar-refractivity contribution in [3.8, 4) is 11.1 Å². The van der Waals surface area contributed by atoms with Gasteiger partial charge in [-0.15, -0.1) is 0 Å². The maximum Gasteiger partial charge on any atom is 0.150 e. The Bertz CT molecular complexity index is 540. The van der Waals surface area contributed by atoms with Gasteiger partial charge in [-0.3, -0.25) is 9.78 Å². The molecule has 2 aromatic rings. The quantitative estimate of drug-likeness (QED) is 0.727. The minimum atomic E-state index is -0.630. The Balaban J connectivity index is 2.57. The van der Waals surface area contributed by atoms with Crippen molar-refractivity contribution in [2.45, 2.75) is 0 Å². The van der Waals surface area contributed by atoms with Gasteiger partial charge in [-0.2, -0.15) is 0 Å². The molecule has 1 aromatic carbocycles. The predicted molar refractivity (Wildman–Crippen MR) is 55.0 cm³/mol. The zero-order valence-corrected chi connectivity index (χ0v) is 8.15. The van der Waals surface area contributed by atoms with Gasteiger partial charge in [0, 0.05) is 22.9 Å². The molecule has 0 saturated heterocycles. The zero-order valence-electron chi connectivity index (χ0n) is 8.15. The normalized spacial score (nSPS) is 10.1. The van der Waals surface area contributed by atoms with Gasteiger partial charge in [0.15, 0.2) is 0 Å². The van der Waals surface area contributed by atoms with Gasteiger partial charge in [-0.1, -0.05) is 12.1 Å². The summed E-state index contributed by atoms with van der Waals surface area (Å²) < 4.78 is 26.9. The lowest BCUT2D eigenvalue weighted by atomic mass is 10.0. The number of pyridine rings is 1. The highest BCUT2D eigenvalue weighted by Crippen LogP contribution is 2.25. The van der Waals surface area contributed by atoms with E-state index in [-0.39, 0.29) is 16.7 Å². The number of aromatic nitrogens is 1. The van der Waals surface area contributed by atoms with Gasteiger partial charge in [0.2, 0.25) is 0 Å². The molecule has 0 spiro atoms. The maximum atomic E-state index is 13.6. The second-order valence-electron chi connectivity index (χ2n) is 3.21. The van der Waals surface area contributed by atoms with Crippen LogP contribution < -0.4 is 0 Å². The molecular formula is C12H7F2NO. The third kappa shape index (κ3) is 1.82. The number of rotatable bonds is 2. The van der Waals surface area contributed by atoms with Crippen LogP contribution in [0.3, 0.4) is 0 Å². The summed E-state index contributed by atoms with van der Waals surface area (Å²) in [6.45, 7) is 0. The first-order chi connectivity index (χ1) is 7.72. The minimum Gasteiger partial charge on any atom is -0.298 e. The first-order valence-corrected chi connectivity index (χ1v) is 4.57. The van der Waals surface area contributed by atoms with Crippen LogP contribution in [0.2, 0.25) is 0 Å². The van der Waals surface area contributed by atoms with Crippen LogP contribution >= 0.6 is 0 Å². The van der Waals surface area contributed by atoms with Gasteiger partial charge in [0.25, 0.3) is 0 Å². The van der Waals surface area contributed by atoms with E-state index in [9.17, 15) is 13.6 Å². The second kappa shape index (κ2) is 4.18. The molecule has 1 heterocycles. The van der Waals surface area contributed by atoms with E-state index in [1.807, 2.05) is 0 Å². The highest BCUT2D eigenvalue weighted by atomic mass is 19.1. The van der Waals surface area contributed by atoms with Gasteiger partial charge in [-0.25, -0.2) is 8.78 Å². The van der Waals surface area contributed by atoms with Crippen LogP contribution in [0, 0.1) is 11.6 Å². The maximum absolute atomic E-state index is 13.6. The Morgan fingerprint density at radius 3 is 2.44 bits per heavy atom. The number of benzene rings is 1. The average molecular weight is 219 g/mol. The molecular weight excluding hydrogens is 212 g/mol. The first-order valence-electron chi connectivity index (χ1n) is 4.57. The number of carbonyl (C=O) groups excluding carboxylic acids is 1. The molecule has 0 aliphatic carbocycles. The third-order valence-electron chi connectivity index (χ3n) is 2.19. The monoisotopic (exact) mass is 219 g/mol. The molecule has 16 heavy (non-hydrogen) atoms. The molecule has 4 heteroatoms. The number of hydrogen-bond donors (Lipinski definition) is 0. The van der Waals surface area contributed by atoms with E-state index in [2.05, 4.69) is 4.98 Å². The van der Waals surface area contributed by atoms with Crippen LogP contribution in [-0.4, -0.2) is 11.3 Å². The van der Waals surface area contributed by atoms with Crippen LogP contribution in [0.25, 0.3) is 11.1 Å². The number of hydrogen-bond acceptors (Lipinski definition) is 2. The fourth-order valence-corrected chi connectivity index (χ4v) is 1.42. The van der Waals surface area contributed by atoms with Gasteiger partial charge in [0.05, 0.1) is 6.20 Å². The Hall–Kier alpha value is -2.10. The number of aldehydes is 1. The fourth-order valence-electron chi connectivity index (χ4n) is 1.42. The van der Waals surface area contributed by atoms with Crippen molar-refractivity contribution in [3.05, 3.63) is 53.9 Å². The molecule has 1 aromatic heterocycles. The van der Waals surface area contributed by atoms with Crippen molar-refractivity contribution in [2.24, 2.45) is 0 Å². The van der Waals surface area contributed by atoms with Crippen LogP contribution in [0.5, 0.6) is 0 Å². The van der Waals surface area contributed by atoms with Crippen molar-refractivity contribution in [3.63, 3.8) is 0 Å². The van der Waals surface area contributed by atoms with E-state index in [0.29, 0.717) is 6.29 Å². The number of carbonyl (C=O) groups is 1. The van der Waals surface area contributed by atoms with Crippen molar-refractivity contribution >= 4 is 6.29 Å². The molecule has 0 N–H and O–H groups in total. The molecule has 0 amide bonds. The summed E-state index contributed by atoms with van der Waals surface area (Å²) in [6, 6.07) is 5.26.